The van der Waals surface area contributed by atoms with Crippen LogP contribution in [0.1, 0.15) is 57.1 Å². The Labute approximate surface area is 211 Å². The molecule has 0 spiro atoms. The zero-order chi connectivity index (χ0) is 25.3. The van der Waals surface area contributed by atoms with E-state index in [1.54, 1.807) is 31.2 Å². The number of amides is 3. The maximum absolute atomic E-state index is 13.7. The predicted molar refractivity (Wildman–Crippen MR) is 134 cm³/mol. The first-order chi connectivity index (χ1) is 16.7. The highest BCUT2D eigenvalue weighted by Gasteiger charge is 2.35. The molecule has 1 aliphatic rings. The van der Waals surface area contributed by atoms with Crippen LogP contribution in [-0.2, 0) is 16.1 Å². The summed E-state index contributed by atoms with van der Waals surface area (Å²) in [7, 11) is 3.26. The van der Waals surface area contributed by atoms with Crippen LogP contribution in [0, 0.1) is 6.92 Å². The quantitative estimate of drug-likeness (QED) is 0.427. The van der Waals surface area contributed by atoms with E-state index in [1.165, 1.54) is 37.5 Å². The van der Waals surface area contributed by atoms with Gasteiger partial charge in [0.2, 0.25) is 11.5 Å². The summed E-state index contributed by atoms with van der Waals surface area (Å²) in [5.41, 5.74) is 2.29. The van der Waals surface area contributed by atoms with E-state index in [4.69, 9.17) is 4.84 Å². The van der Waals surface area contributed by atoms with E-state index in [9.17, 15) is 14.4 Å². The summed E-state index contributed by atoms with van der Waals surface area (Å²) in [6, 6.07) is -0.201. The largest absolute Gasteiger partial charge is 0.345 e. The van der Waals surface area contributed by atoms with Crippen molar-refractivity contribution in [3.63, 3.8) is 0 Å². The van der Waals surface area contributed by atoms with E-state index < -0.39 is 0 Å². The fourth-order valence-corrected chi connectivity index (χ4v) is 5.91. The first-order valence-electron chi connectivity index (χ1n) is 11.2. The standard InChI is InChI=1S/C23H28N6O4S2/c1-14(2)27(13-30)22-19(20(31)26(4)5)18(21(32)28-8-6-9-33-28)17(35-22)11-16-12-25-29(15(16)3)23-24-7-10-34-23/h7,10,12-14H,6,8-9,11H2,1-5H3. The van der Waals surface area contributed by atoms with Gasteiger partial charge in [0.1, 0.15) is 5.00 Å². The van der Waals surface area contributed by atoms with Crippen molar-refractivity contribution in [1.82, 2.24) is 24.7 Å². The molecule has 3 aromatic heterocycles. The van der Waals surface area contributed by atoms with E-state index >= 15 is 0 Å². The van der Waals surface area contributed by atoms with Gasteiger partial charge in [0.15, 0.2) is 0 Å². The Hall–Kier alpha value is -3.09. The van der Waals surface area contributed by atoms with Crippen LogP contribution >= 0.6 is 22.7 Å². The fourth-order valence-electron chi connectivity index (χ4n) is 3.86. The molecular formula is C23H28N6O4S2. The summed E-state index contributed by atoms with van der Waals surface area (Å²) < 4.78 is 1.76. The van der Waals surface area contributed by atoms with Crippen LogP contribution in [0.15, 0.2) is 17.8 Å². The Morgan fingerprint density at radius 2 is 2.06 bits per heavy atom. The van der Waals surface area contributed by atoms with Gasteiger partial charge in [-0.05, 0) is 32.8 Å². The number of thiazole rings is 1. The maximum atomic E-state index is 13.7. The zero-order valence-corrected chi connectivity index (χ0v) is 22.0. The normalized spacial score (nSPS) is 13.5. The van der Waals surface area contributed by atoms with Crippen molar-refractivity contribution in [1.29, 1.82) is 0 Å². The topological polar surface area (TPSA) is 101 Å². The number of carbonyl (C=O) groups excluding carboxylic acids is 3. The molecule has 12 heteroatoms. The molecule has 1 saturated heterocycles. The Morgan fingerprint density at radius 3 is 2.63 bits per heavy atom. The fraction of sp³-hybridized carbons (Fsp3) is 0.435. The van der Waals surface area contributed by atoms with Gasteiger partial charge in [-0.1, -0.05) is 0 Å². The number of hydrogen-bond acceptors (Lipinski definition) is 8. The second-order valence-electron chi connectivity index (χ2n) is 8.64. The minimum absolute atomic E-state index is 0.201. The van der Waals surface area contributed by atoms with Crippen molar-refractivity contribution in [3.05, 3.63) is 45.0 Å². The first-order valence-corrected chi connectivity index (χ1v) is 12.9. The molecule has 0 saturated carbocycles. The third-order valence-corrected chi connectivity index (χ3v) is 7.69. The Kier molecular flexibility index (Phi) is 7.33. The molecule has 3 aromatic rings. The van der Waals surface area contributed by atoms with E-state index in [1.807, 2.05) is 26.2 Å². The average Bonchev–Trinajstić information content (AvgIpc) is 3.62. The second kappa shape index (κ2) is 10.3. The summed E-state index contributed by atoms with van der Waals surface area (Å²) in [6.45, 7) is 6.57. The Morgan fingerprint density at radius 1 is 1.29 bits per heavy atom. The number of aromatic nitrogens is 3. The number of rotatable bonds is 8. The lowest BCUT2D eigenvalue weighted by molar-refractivity contribution is -0.107. The maximum Gasteiger partial charge on any atom is 0.279 e. The number of hydrogen-bond donors (Lipinski definition) is 0. The van der Waals surface area contributed by atoms with Crippen molar-refractivity contribution < 1.29 is 19.2 Å². The van der Waals surface area contributed by atoms with Crippen LogP contribution in [0.4, 0.5) is 5.00 Å². The molecule has 3 amide bonds. The highest BCUT2D eigenvalue weighted by Crippen LogP contribution is 2.40. The lowest BCUT2D eigenvalue weighted by Crippen LogP contribution is -2.34. The smallest absolute Gasteiger partial charge is 0.279 e. The van der Waals surface area contributed by atoms with Crippen LogP contribution in [0.25, 0.3) is 5.13 Å². The molecule has 4 rings (SSSR count). The average molecular weight is 517 g/mol. The number of nitrogens with zero attached hydrogens (tertiary/aromatic N) is 6. The van der Waals surface area contributed by atoms with Gasteiger partial charge in [0.25, 0.3) is 11.8 Å². The lowest BCUT2D eigenvalue weighted by Gasteiger charge is -2.23. The highest BCUT2D eigenvalue weighted by atomic mass is 32.1. The molecule has 186 valence electrons. The summed E-state index contributed by atoms with van der Waals surface area (Å²) in [5.74, 6) is -0.711. The molecule has 35 heavy (non-hydrogen) atoms. The van der Waals surface area contributed by atoms with Crippen molar-refractivity contribution in [2.24, 2.45) is 0 Å². The van der Waals surface area contributed by atoms with Crippen molar-refractivity contribution in [3.8, 4) is 5.13 Å². The molecule has 0 bridgehead atoms. The summed E-state index contributed by atoms with van der Waals surface area (Å²) in [6.07, 6.45) is 5.28. The van der Waals surface area contributed by atoms with Crippen molar-refractivity contribution in [2.45, 2.75) is 39.7 Å². The highest BCUT2D eigenvalue weighted by molar-refractivity contribution is 7.17. The Bertz CT molecular complexity index is 1230. The van der Waals surface area contributed by atoms with Gasteiger partial charge < -0.3 is 9.80 Å². The summed E-state index contributed by atoms with van der Waals surface area (Å²) in [5, 5.41) is 8.88. The second-order valence-corrected chi connectivity index (χ2v) is 10.6. The van der Waals surface area contributed by atoms with Gasteiger partial charge in [-0.25, -0.2) is 14.7 Å². The van der Waals surface area contributed by atoms with Gasteiger partial charge in [0.05, 0.1) is 30.5 Å². The van der Waals surface area contributed by atoms with Gasteiger partial charge in [-0.3, -0.25) is 19.2 Å². The van der Waals surface area contributed by atoms with Gasteiger partial charge in [-0.15, -0.1) is 22.7 Å². The predicted octanol–water partition coefficient (Wildman–Crippen LogP) is 3.14. The molecule has 0 unspecified atom stereocenters. The SMILES string of the molecule is Cc1c(Cc2sc(N(C=O)C(C)C)c(C(=O)N(C)C)c2C(=O)N2CCCO2)cnn1-c1nccs1. The summed E-state index contributed by atoms with van der Waals surface area (Å²) in [4.78, 5) is 52.6. The van der Waals surface area contributed by atoms with Crippen LogP contribution in [0.2, 0.25) is 0 Å². The van der Waals surface area contributed by atoms with Crippen LogP contribution in [-0.4, -0.2) is 76.2 Å². The molecule has 1 aliphatic heterocycles. The van der Waals surface area contributed by atoms with Gasteiger partial charge in [0, 0.05) is 48.7 Å². The number of anilines is 1. The minimum atomic E-state index is -0.371. The minimum Gasteiger partial charge on any atom is -0.345 e. The number of carbonyl (C=O) groups is 3. The molecule has 0 aromatic carbocycles. The molecule has 0 radical (unpaired) electrons. The molecule has 4 heterocycles. The Balaban J connectivity index is 1.88. The lowest BCUT2D eigenvalue weighted by atomic mass is 10.0. The molecule has 0 atom stereocenters. The van der Waals surface area contributed by atoms with Crippen LogP contribution in [0.3, 0.4) is 0 Å². The summed E-state index contributed by atoms with van der Waals surface area (Å²) >= 11 is 2.76. The number of hydroxylamine groups is 2. The molecule has 0 aliphatic carbocycles. The van der Waals surface area contributed by atoms with Crippen molar-refractivity contribution >= 4 is 45.9 Å². The molecular weight excluding hydrogens is 488 g/mol. The first kappa shape index (κ1) is 25.0. The van der Waals surface area contributed by atoms with Gasteiger partial charge >= 0.3 is 0 Å². The van der Waals surface area contributed by atoms with E-state index in [2.05, 4.69) is 10.1 Å². The third kappa shape index (κ3) is 4.73. The van der Waals surface area contributed by atoms with Crippen molar-refractivity contribution in [2.75, 3.05) is 32.1 Å². The monoisotopic (exact) mass is 516 g/mol. The van der Waals surface area contributed by atoms with Gasteiger partial charge in [-0.2, -0.15) is 5.10 Å². The van der Waals surface area contributed by atoms with Crippen LogP contribution in [0.5, 0.6) is 0 Å². The van der Waals surface area contributed by atoms with E-state index in [0.717, 1.165) is 22.8 Å². The molecule has 0 N–H and O–H groups in total. The number of thiophene rings is 1. The molecule has 10 nitrogen and oxygen atoms in total. The zero-order valence-electron chi connectivity index (χ0n) is 20.3. The third-order valence-electron chi connectivity index (χ3n) is 5.74. The van der Waals surface area contributed by atoms with E-state index in [-0.39, 0.29) is 29.0 Å². The molecule has 1 fully saturated rings. The van der Waals surface area contributed by atoms with E-state index in [0.29, 0.717) is 35.9 Å². The van der Waals surface area contributed by atoms with Crippen LogP contribution < -0.4 is 4.90 Å².